The fourth-order valence-electron chi connectivity index (χ4n) is 6.29. The molecule has 4 saturated carbocycles. The fraction of sp³-hybridized carbons (Fsp3) is 0.464. The van der Waals surface area contributed by atoms with Crippen LogP contribution in [0.4, 0.5) is 10.2 Å². The van der Waals surface area contributed by atoms with E-state index in [9.17, 15) is 9.18 Å². The average molecular weight is 517 g/mol. The SMILES string of the molecule is CCOC(=O)[C@H]1C2CCC(CC2)[C@@H]1Nc1cc(-c2ccc(C3CC3)o2)nc(-c2[nH]nc3ncc(F)cc23)n1. The van der Waals surface area contributed by atoms with Crippen LogP contribution in [0, 0.1) is 23.6 Å². The Hall–Kier alpha value is -3.82. The van der Waals surface area contributed by atoms with Crippen LogP contribution in [0.25, 0.3) is 34.0 Å². The number of hydrogen-bond acceptors (Lipinski definition) is 8. The maximum Gasteiger partial charge on any atom is 0.311 e. The molecule has 4 aliphatic carbocycles. The molecule has 0 spiro atoms. The first kappa shape index (κ1) is 23.3. The van der Waals surface area contributed by atoms with Crippen molar-refractivity contribution in [3.63, 3.8) is 0 Å². The Balaban J connectivity index is 1.31. The zero-order valence-corrected chi connectivity index (χ0v) is 21.1. The number of nitrogens with one attached hydrogen (secondary N) is 2. The molecule has 0 saturated heterocycles. The van der Waals surface area contributed by atoms with Crippen molar-refractivity contribution in [1.82, 2.24) is 25.1 Å². The standard InChI is InChI=1S/C28H29FN6O3/c1-2-37-28(36)23-15-5-7-16(8-6-15)24(23)32-22-12-19(21-10-9-20(38-21)14-3-4-14)31-27(33-22)25-18-11-17(29)13-30-26(18)35-34-25/h9-16,23-24H,2-8H2,1H3,(H,30,34,35)(H,31,32,33)/t15?,16?,23-,24-/m0/s1. The van der Waals surface area contributed by atoms with Gasteiger partial charge in [0.2, 0.25) is 0 Å². The van der Waals surface area contributed by atoms with E-state index < -0.39 is 5.82 Å². The van der Waals surface area contributed by atoms with E-state index in [1.165, 1.54) is 6.07 Å². The number of fused-ring (bicyclic) bond motifs is 4. The average Bonchev–Trinajstić information content (AvgIpc) is 3.50. The summed E-state index contributed by atoms with van der Waals surface area (Å²) in [5.41, 5.74) is 1.45. The Morgan fingerprint density at radius 2 is 1.95 bits per heavy atom. The second-order valence-corrected chi connectivity index (χ2v) is 10.7. The van der Waals surface area contributed by atoms with Gasteiger partial charge >= 0.3 is 5.97 Å². The summed E-state index contributed by atoms with van der Waals surface area (Å²) < 4.78 is 25.7. The zero-order chi connectivity index (χ0) is 25.8. The predicted molar refractivity (Wildman–Crippen MR) is 138 cm³/mol. The van der Waals surface area contributed by atoms with E-state index in [-0.39, 0.29) is 17.9 Å². The maximum atomic E-state index is 14.1. The molecule has 4 aliphatic rings. The number of anilines is 1. The van der Waals surface area contributed by atoms with Crippen molar-refractivity contribution >= 4 is 22.8 Å². The van der Waals surface area contributed by atoms with Crippen LogP contribution in [0.1, 0.15) is 57.1 Å². The van der Waals surface area contributed by atoms with Crippen LogP contribution in [0.15, 0.2) is 34.9 Å². The molecule has 2 atom stereocenters. The van der Waals surface area contributed by atoms with Crippen LogP contribution in [0.3, 0.4) is 0 Å². The third-order valence-corrected chi connectivity index (χ3v) is 8.28. The third-order valence-electron chi connectivity index (χ3n) is 8.28. The number of furan rings is 1. The Morgan fingerprint density at radius 3 is 2.74 bits per heavy atom. The number of pyridine rings is 1. The van der Waals surface area contributed by atoms with Gasteiger partial charge in [0.15, 0.2) is 17.2 Å². The molecular formula is C28H29FN6O3. The van der Waals surface area contributed by atoms with Crippen molar-refractivity contribution in [2.45, 2.75) is 57.4 Å². The van der Waals surface area contributed by atoms with Crippen LogP contribution < -0.4 is 5.32 Å². The van der Waals surface area contributed by atoms with Gasteiger partial charge in [-0.1, -0.05) is 0 Å². The number of aromatic nitrogens is 5. The molecule has 4 aromatic rings. The predicted octanol–water partition coefficient (Wildman–Crippen LogP) is 5.47. The summed E-state index contributed by atoms with van der Waals surface area (Å²) in [4.78, 5) is 26.7. The van der Waals surface area contributed by atoms with Crippen molar-refractivity contribution in [3.8, 4) is 23.0 Å². The molecule has 0 radical (unpaired) electrons. The highest BCUT2D eigenvalue weighted by Gasteiger charge is 2.48. The smallest absolute Gasteiger partial charge is 0.311 e. The van der Waals surface area contributed by atoms with Gasteiger partial charge in [0, 0.05) is 18.0 Å². The molecule has 4 fully saturated rings. The number of hydrogen-bond donors (Lipinski definition) is 2. The minimum atomic E-state index is -0.467. The molecule has 0 aliphatic heterocycles. The largest absolute Gasteiger partial charge is 0.466 e. The highest BCUT2D eigenvalue weighted by Crippen LogP contribution is 2.47. The van der Waals surface area contributed by atoms with Crippen LogP contribution in [0.2, 0.25) is 0 Å². The minimum Gasteiger partial charge on any atom is -0.466 e. The van der Waals surface area contributed by atoms with E-state index in [0.29, 0.717) is 64.2 Å². The molecular weight excluding hydrogens is 487 g/mol. The number of halogens is 1. The van der Waals surface area contributed by atoms with Crippen LogP contribution >= 0.6 is 0 Å². The summed E-state index contributed by atoms with van der Waals surface area (Å²) in [6, 6.07) is 7.08. The van der Waals surface area contributed by atoms with Crippen molar-refractivity contribution in [3.05, 3.63) is 42.0 Å². The lowest BCUT2D eigenvalue weighted by Crippen LogP contribution is -2.52. The van der Waals surface area contributed by atoms with E-state index in [4.69, 9.17) is 19.1 Å². The maximum absolute atomic E-state index is 14.1. The van der Waals surface area contributed by atoms with Crippen LogP contribution in [0.5, 0.6) is 0 Å². The lowest BCUT2D eigenvalue weighted by atomic mass is 9.61. The summed E-state index contributed by atoms with van der Waals surface area (Å²) in [7, 11) is 0. The molecule has 0 unspecified atom stereocenters. The van der Waals surface area contributed by atoms with Crippen LogP contribution in [-0.2, 0) is 9.53 Å². The fourth-order valence-corrected chi connectivity index (χ4v) is 6.29. The van der Waals surface area contributed by atoms with Crippen molar-refractivity contribution in [2.75, 3.05) is 11.9 Å². The molecule has 196 valence electrons. The number of nitrogens with zero attached hydrogens (tertiary/aromatic N) is 4. The molecule has 0 aromatic carbocycles. The topological polar surface area (TPSA) is 119 Å². The zero-order valence-electron chi connectivity index (χ0n) is 21.1. The summed E-state index contributed by atoms with van der Waals surface area (Å²) in [6.45, 7) is 2.20. The van der Waals surface area contributed by atoms with Gasteiger partial charge < -0.3 is 14.5 Å². The van der Waals surface area contributed by atoms with Gasteiger partial charge in [-0.25, -0.2) is 19.3 Å². The van der Waals surface area contributed by atoms with Gasteiger partial charge in [-0.05, 0) is 75.5 Å². The Morgan fingerprint density at radius 1 is 1.13 bits per heavy atom. The summed E-state index contributed by atoms with van der Waals surface area (Å²) in [6.07, 6.45) is 7.63. The van der Waals surface area contributed by atoms with E-state index in [1.807, 2.05) is 25.1 Å². The van der Waals surface area contributed by atoms with Gasteiger partial charge in [-0.2, -0.15) is 5.10 Å². The molecule has 8 rings (SSSR count). The second-order valence-electron chi connectivity index (χ2n) is 10.7. The number of carbonyl (C=O) groups excluding carboxylic acids is 1. The van der Waals surface area contributed by atoms with E-state index in [1.54, 1.807) is 0 Å². The lowest BCUT2D eigenvalue weighted by Gasteiger charge is -2.47. The van der Waals surface area contributed by atoms with E-state index >= 15 is 0 Å². The normalized spacial score (nSPS) is 24.6. The third kappa shape index (κ3) is 4.12. The van der Waals surface area contributed by atoms with Gasteiger partial charge in [-0.3, -0.25) is 9.89 Å². The Labute approximate surface area is 218 Å². The van der Waals surface area contributed by atoms with Crippen LogP contribution in [-0.4, -0.2) is 43.8 Å². The first-order chi connectivity index (χ1) is 18.6. The second kappa shape index (κ2) is 9.18. The highest BCUT2D eigenvalue weighted by molar-refractivity contribution is 5.89. The van der Waals surface area contributed by atoms with Crippen molar-refractivity contribution < 1.29 is 18.3 Å². The lowest BCUT2D eigenvalue weighted by molar-refractivity contribution is -0.154. The number of rotatable bonds is 7. The monoisotopic (exact) mass is 516 g/mol. The number of esters is 1. The van der Waals surface area contributed by atoms with Gasteiger partial charge in [0.25, 0.3) is 0 Å². The van der Waals surface area contributed by atoms with Crippen molar-refractivity contribution in [2.24, 2.45) is 17.8 Å². The Bertz CT molecular complexity index is 1500. The molecule has 0 amide bonds. The first-order valence-corrected chi connectivity index (χ1v) is 13.5. The number of H-pyrrole nitrogens is 1. The molecule has 4 heterocycles. The quantitative estimate of drug-likeness (QED) is 0.310. The molecule has 10 heteroatoms. The number of aromatic amines is 1. The summed E-state index contributed by atoms with van der Waals surface area (Å²) in [5.74, 6) is 2.81. The molecule has 38 heavy (non-hydrogen) atoms. The van der Waals surface area contributed by atoms with Gasteiger partial charge in [-0.15, -0.1) is 0 Å². The number of ether oxygens (including phenoxy) is 1. The van der Waals surface area contributed by atoms with E-state index in [0.717, 1.165) is 50.5 Å². The molecule has 2 N–H and O–H groups in total. The van der Waals surface area contributed by atoms with Gasteiger partial charge in [0.05, 0.1) is 24.1 Å². The van der Waals surface area contributed by atoms with Gasteiger partial charge in [0.1, 0.15) is 28.8 Å². The summed E-state index contributed by atoms with van der Waals surface area (Å²) >= 11 is 0. The number of carbonyl (C=O) groups is 1. The first-order valence-electron chi connectivity index (χ1n) is 13.5. The minimum absolute atomic E-state index is 0.0894. The molecule has 2 bridgehead atoms. The van der Waals surface area contributed by atoms with Crippen molar-refractivity contribution in [1.29, 1.82) is 0 Å². The summed E-state index contributed by atoms with van der Waals surface area (Å²) in [5, 5.41) is 11.2. The Kier molecular flexibility index (Phi) is 5.63. The molecule has 4 aromatic heterocycles. The van der Waals surface area contributed by atoms with E-state index in [2.05, 4.69) is 20.5 Å². The highest BCUT2D eigenvalue weighted by atomic mass is 19.1. The molecule has 9 nitrogen and oxygen atoms in total.